The maximum atomic E-state index is 11.9. The maximum absolute atomic E-state index is 11.9. The molecule has 2 aromatic rings. The second-order valence-electron chi connectivity index (χ2n) is 4.01. The normalized spacial score (nSPS) is 10.6. The number of hydrogen-bond acceptors (Lipinski definition) is 5. The molecule has 0 unspecified atom stereocenters. The fourth-order valence-corrected chi connectivity index (χ4v) is 1.51. The summed E-state index contributed by atoms with van der Waals surface area (Å²) in [5.74, 6) is 0.305. The Labute approximate surface area is 102 Å². The van der Waals surface area contributed by atoms with Crippen LogP contribution in [0.1, 0.15) is 16.8 Å². The molecular formula is C11H13N5O2. The van der Waals surface area contributed by atoms with E-state index in [1.54, 1.807) is 13.8 Å². The van der Waals surface area contributed by atoms with Gasteiger partial charge in [0.05, 0.1) is 24.6 Å². The van der Waals surface area contributed by atoms with Crippen molar-refractivity contribution in [1.29, 1.82) is 0 Å². The molecule has 3 N–H and O–H groups in total. The van der Waals surface area contributed by atoms with Crippen LogP contribution in [0.4, 0.5) is 5.82 Å². The summed E-state index contributed by atoms with van der Waals surface area (Å²) in [4.78, 5) is 31.4. The highest BCUT2D eigenvalue weighted by molar-refractivity contribution is 5.23. The lowest BCUT2D eigenvalue weighted by atomic mass is 10.2. The van der Waals surface area contributed by atoms with Crippen LogP contribution in [0.5, 0.6) is 0 Å². The van der Waals surface area contributed by atoms with Crippen LogP contribution in [0, 0.1) is 13.8 Å². The lowest BCUT2D eigenvalue weighted by Gasteiger charge is -2.07. The van der Waals surface area contributed by atoms with E-state index in [1.807, 2.05) is 0 Å². The number of nitrogens with zero attached hydrogens (tertiary/aromatic N) is 3. The fraction of sp³-hybridized carbons (Fsp3) is 0.273. The van der Waals surface area contributed by atoms with Crippen LogP contribution in [0.2, 0.25) is 0 Å². The van der Waals surface area contributed by atoms with Crippen molar-refractivity contribution in [2.45, 2.75) is 20.4 Å². The lowest BCUT2D eigenvalue weighted by Crippen LogP contribution is -2.33. The monoisotopic (exact) mass is 247 g/mol. The molecule has 0 fully saturated rings. The zero-order valence-electron chi connectivity index (χ0n) is 10.1. The number of anilines is 1. The highest BCUT2D eigenvalue weighted by atomic mass is 16.2. The Morgan fingerprint density at radius 2 is 1.94 bits per heavy atom. The molecule has 0 saturated carbocycles. The molecule has 18 heavy (non-hydrogen) atoms. The molecule has 7 heteroatoms. The van der Waals surface area contributed by atoms with E-state index in [2.05, 4.69) is 15.1 Å². The smallest absolute Gasteiger partial charge is 0.268 e. The van der Waals surface area contributed by atoms with E-state index >= 15 is 0 Å². The van der Waals surface area contributed by atoms with E-state index in [4.69, 9.17) is 5.73 Å². The number of rotatable bonds is 2. The van der Waals surface area contributed by atoms with Gasteiger partial charge in [-0.05, 0) is 13.8 Å². The molecule has 0 amide bonds. The second-order valence-corrected chi connectivity index (χ2v) is 4.01. The molecule has 2 aromatic heterocycles. The SMILES string of the molecule is Cc1c(C)c(=O)n(Cc2cnc(N)cn2)[nH]c1=O. The van der Waals surface area contributed by atoms with E-state index < -0.39 is 0 Å². The molecule has 2 heterocycles. The summed E-state index contributed by atoms with van der Waals surface area (Å²) in [6, 6.07) is 0. The van der Waals surface area contributed by atoms with Crippen LogP contribution in [0.15, 0.2) is 22.0 Å². The van der Waals surface area contributed by atoms with Gasteiger partial charge in [0.1, 0.15) is 5.82 Å². The average molecular weight is 247 g/mol. The third kappa shape index (κ3) is 2.15. The van der Waals surface area contributed by atoms with Gasteiger partial charge in [0.15, 0.2) is 0 Å². The number of nitrogens with one attached hydrogen (secondary N) is 1. The number of nitrogen functional groups attached to an aromatic ring is 1. The summed E-state index contributed by atoms with van der Waals surface area (Å²) in [6.45, 7) is 3.39. The first-order chi connectivity index (χ1) is 8.49. The summed E-state index contributed by atoms with van der Waals surface area (Å²) >= 11 is 0. The van der Waals surface area contributed by atoms with E-state index in [9.17, 15) is 9.59 Å². The number of hydrogen-bond donors (Lipinski definition) is 2. The van der Waals surface area contributed by atoms with Crippen molar-refractivity contribution in [1.82, 2.24) is 19.7 Å². The van der Waals surface area contributed by atoms with Crippen molar-refractivity contribution in [3.63, 3.8) is 0 Å². The predicted molar refractivity (Wildman–Crippen MR) is 66.3 cm³/mol. The van der Waals surface area contributed by atoms with Crippen LogP contribution in [-0.2, 0) is 6.54 Å². The van der Waals surface area contributed by atoms with Crippen molar-refractivity contribution >= 4 is 5.82 Å². The number of H-pyrrole nitrogens is 1. The van der Waals surface area contributed by atoms with Crippen LogP contribution in [0.3, 0.4) is 0 Å². The summed E-state index contributed by atoms with van der Waals surface area (Å²) in [6.07, 6.45) is 2.87. The zero-order chi connectivity index (χ0) is 13.3. The second kappa shape index (κ2) is 4.44. The molecular weight excluding hydrogens is 234 g/mol. The first kappa shape index (κ1) is 12.0. The van der Waals surface area contributed by atoms with Gasteiger partial charge in [-0.15, -0.1) is 0 Å². The van der Waals surface area contributed by atoms with Gasteiger partial charge in [0, 0.05) is 11.1 Å². The number of aromatic nitrogens is 4. The minimum atomic E-state index is -0.282. The predicted octanol–water partition coefficient (Wildman–Crippen LogP) is -0.426. The van der Waals surface area contributed by atoms with Crippen LogP contribution in [0.25, 0.3) is 0 Å². The molecule has 0 aliphatic heterocycles. The van der Waals surface area contributed by atoms with Gasteiger partial charge in [-0.25, -0.2) is 9.67 Å². The van der Waals surface area contributed by atoms with Crippen LogP contribution in [-0.4, -0.2) is 19.7 Å². The van der Waals surface area contributed by atoms with Crippen LogP contribution >= 0.6 is 0 Å². The molecule has 0 saturated heterocycles. The van der Waals surface area contributed by atoms with Gasteiger partial charge in [-0.3, -0.25) is 19.7 Å². The number of nitrogens with two attached hydrogens (primary N) is 1. The molecule has 0 bridgehead atoms. The lowest BCUT2D eigenvalue weighted by molar-refractivity contribution is 0.607. The Balaban J connectivity index is 2.44. The summed E-state index contributed by atoms with van der Waals surface area (Å²) < 4.78 is 1.21. The van der Waals surface area contributed by atoms with Crippen molar-refractivity contribution < 1.29 is 0 Å². The van der Waals surface area contributed by atoms with Crippen molar-refractivity contribution in [2.75, 3.05) is 5.73 Å². The Bertz CT molecular complexity index is 684. The highest BCUT2D eigenvalue weighted by Gasteiger charge is 2.08. The first-order valence-corrected chi connectivity index (χ1v) is 5.35. The van der Waals surface area contributed by atoms with Gasteiger partial charge in [0.2, 0.25) is 0 Å². The third-order valence-corrected chi connectivity index (χ3v) is 2.75. The van der Waals surface area contributed by atoms with Gasteiger partial charge >= 0.3 is 0 Å². The van der Waals surface area contributed by atoms with Gasteiger partial charge in [-0.2, -0.15) is 0 Å². The van der Waals surface area contributed by atoms with E-state index in [-0.39, 0.29) is 17.7 Å². The number of aromatic amines is 1. The van der Waals surface area contributed by atoms with Crippen molar-refractivity contribution in [2.24, 2.45) is 0 Å². The molecule has 0 atom stereocenters. The quantitative estimate of drug-likeness (QED) is 0.749. The van der Waals surface area contributed by atoms with E-state index in [1.165, 1.54) is 17.1 Å². The molecule has 7 nitrogen and oxygen atoms in total. The molecule has 2 rings (SSSR count). The Morgan fingerprint density at radius 3 is 2.56 bits per heavy atom. The van der Waals surface area contributed by atoms with Crippen molar-refractivity contribution in [3.8, 4) is 0 Å². The fourth-order valence-electron chi connectivity index (χ4n) is 1.51. The highest BCUT2D eigenvalue weighted by Crippen LogP contribution is 1.98. The first-order valence-electron chi connectivity index (χ1n) is 5.35. The minimum Gasteiger partial charge on any atom is -0.382 e. The average Bonchev–Trinajstić information content (AvgIpc) is 2.36. The van der Waals surface area contributed by atoms with E-state index in [0.717, 1.165) is 0 Å². The van der Waals surface area contributed by atoms with Gasteiger partial charge in [0.25, 0.3) is 11.1 Å². The Morgan fingerprint density at radius 1 is 1.22 bits per heavy atom. The topological polar surface area (TPSA) is 107 Å². The maximum Gasteiger partial charge on any atom is 0.268 e. The van der Waals surface area contributed by atoms with Crippen LogP contribution < -0.4 is 16.9 Å². The van der Waals surface area contributed by atoms with E-state index in [0.29, 0.717) is 22.6 Å². The van der Waals surface area contributed by atoms with Crippen molar-refractivity contribution in [3.05, 3.63) is 49.9 Å². The molecule has 0 aromatic carbocycles. The Kier molecular flexibility index (Phi) is 2.97. The zero-order valence-corrected chi connectivity index (χ0v) is 10.1. The summed E-state index contributed by atoms with van der Waals surface area (Å²) in [5, 5.41) is 2.50. The molecule has 0 radical (unpaired) electrons. The summed E-state index contributed by atoms with van der Waals surface area (Å²) in [7, 11) is 0. The standard InChI is InChI=1S/C11H13N5O2/c1-6-7(2)11(18)16(15-10(6)17)5-8-3-14-9(12)4-13-8/h3-4H,5H2,1-2H3,(H2,12,14)(H,15,17). The molecule has 0 aliphatic rings. The molecule has 0 aliphatic carbocycles. The molecule has 0 spiro atoms. The Hall–Kier alpha value is -2.44. The van der Waals surface area contributed by atoms with Gasteiger partial charge < -0.3 is 5.73 Å². The van der Waals surface area contributed by atoms with Gasteiger partial charge in [-0.1, -0.05) is 0 Å². The third-order valence-electron chi connectivity index (χ3n) is 2.75. The molecule has 94 valence electrons. The largest absolute Gasteiger partial charge is 0.382 e. The minimum absolute atomic E-state index is 0.155. The summed E-state index contributed by atoms with van der Waals surface area (Å²) in [5.41, 5.74) is 6.30.